The number of nitrogens with one attached hydrogen (secondary N) is 2. The number of carbonyl (C=O) groups excluding carboxylic acids is 1. The van der Waals surface area contributed by atoms with Gasteiger partial charge in [0.2, 0.25) is 0 Å². The van der Waals surface area contributed by atoms with Crippen LogP contribution in [0.3, 0.4) is 0 Å². The second-order valence-electron chi connectivity index (χ2n) is 6.78. The Hall–Kier alpha value is -1.88. The van der Waals surface area contributed by atoms with Gasteiger partial charge in [-0.1, -0.05) is 27.7 Å². The monoisotopic (exact) mass is 319 g/mol. The number of benzene rings is 1. The summed E-state index contributed by atoms with van der Waals surface area (Å²) in [6.07, 6.45) is 1.39. The molecule has 5 heteroatoms. The highest BCUT2D eigenvalue weighted by Crippen LogP contribution is 2.36. The van der Waals surface area contributed by atoms with Gasteiger partial charge in [-0.15, -0.1) is 0 Å². The quantitative estimate of drug-likeness (QED) is 0.647. The molecule has 1 aliphatic heterocycles. The van der Waals surface area contributed by atoms with Crippen LogP contribution in [0.15, 0.2) is 12.1 Å². The van der Waals surface area contributed by atoms with Gasteiger partial charge in [0.05, 0.1) is 13.0 Å². The summed E-state index contributed by atoms with van der Waals surface area (Å²) in [5, 5.41) is 0. The van der Waals surface area contributed by atoms with Crippen molar-refractivity contribution in [1.29, 1.82) is 0 Å². The van der Waals surface area contributed by atoms with Crippen LogP contribution < -0.4 is 20.3 Å². The van der Waals surface area contributed by atoms with Gasteiger partial charge < -0.3 is 9.47 Å². The molecule has 0 fully saturated rings. The molecule has 23 heavy (non-hydrogen) atoms. The zero-order valence-corrected chi connectivity index (χ0v) is 14.5. The minimum atomic E-state index is -0.165. The number of amides is 1. The number of carbonyl (C=O) groups is 1. The van der Waals surface area contributed by atoms with Crippen LogP contribution in [-0.4, -0.2) is 25.2 Å². The van der Waals surface area contributed by atoms with Gasteiger partial charge in [-0.2, -0.15) is 0 Å². The molecule has 126 valence electrons. The minimum absolute atomic E-state index is 0.00934. The Morgan fingerprint density at radius 1 is 1.30 bits per heavy atom. The summed E-state index contributed by atoms with van der Waals surface area (Å²) >= 11 is 0. The van der Waals surface area contributed by atoms with Gasteiger partial charge in [0.15, 0.2) is 11.5 Å². The molecule has 1 aliphatic rings. The van der Waals surface area contributed by atoms with Crippen LogP contribution in [0.25, 0.3) is 0 Å². The Balaban J connectivity index is 2.16. The molecular weight excluding hydrogens is 292 g/mol. The fourth-order valence-electron chi connectivity index (χ4n) is 2.68. The van der Waals surface area contributed by atoms with E-state index in [-0.39, 0.29) is 17.4 Å². The first-order chi connectivity index (χ1) is 10.9. The Morgan fingerprint density at radius 2 is 2.00 bits per heavy atom. The highest BCUT2D eigenvalue weighted by atomic mass is 16.6. The van der Waals surface area contributed by atoms with Gasteiger partial charge in [0.1, 0.15) is 19.6 Å². The van der Waals surface area contributed by atoms with E-state index in [9.17, 15) is 4.79 Å². The summed E-state index contributed by atoms with van der Waals surface area (Å²) in [5.41, 5.74) is 7.42. The molecule has 1 amide bonds. The molecule has 0 saturated carbocycles. The molecule has 5 nitrogen and oxygen atoms in total. The second kappa shape index (κ2) is 7.13. The summed E-state index contributed by atoms with van der Waals surface area (Å²) in [4.78, 5) is 12.6. The molecule has 2 rings (SSSR count). The van der Waals surface area contributed by atoms with E-state index in [0.717, 1.165) is 5.56 Å². The topological polar surface area (TPSA) is 59.6 Å². The zero-order valence-electron chi connectivity index (χ0n) is 14.5. The summed E-state index contributed by atoms with van der Waals surface area (Å²) in [6, 6.07) is 3.68. The second-order valence-corrected chi connectivity index (χ2v) is 6.78. The van der Waals surface area contributed by atoms with Crippen LogP contribution in [0.1, 0.15) is 50.0 Å². The van der Waals surface area contributed by atoms with Crippen molar-refractivity contribution in [1.82, 2.24) is 10.9 Å². The van der Waals surface area contributed by atoms with Crippen LogP contribution in [0.4, 0.5) is 0 Å². The molecule has 0 radical (unpaired) electrons. The Labute approximate surface area is 138 Å². The first-order valence-corrected chi connectivity index (χ1v) is 8.15. The Morgan fingerprint density at radius 3 is 2.61 bits per heavy atom. The fraction of sp³-hybridized carbons (Fsp3) is 0.556. The summed E-state index contributed by atoms with van der Waals surface area (Å²) < 4.78 is 11.3. The normalized spacial score (nSPS) is 15.1. The van der Waals surface area contributed by atoms with Crippen molar-refractivity contribution in [2.75, 3.05) is 13.2 Å². The van der Waals surface area contributed by atoms with Crippen molar-refractivity contribution >= 4 is 5.91 Å². The first kappa shape index (κ1) is 17.5. The third-order valence-corrected chi connectivity index (χ3v) is 4.10. The maximum Gasteiger partial charge on any atom is 0.265 e. The predicted molar refractivity (Wildman–Crippen MR) is 90.6 cm³/mol. The van der Waals surface area contributed by atoms with Crippen LogP contribution in [0.2, 0.25) is 0 Å². The number of fused-ring (bicyclic) bond motifs is 1. The molecule has 1 aromatic rings. The SMILES string of the molecule is [CH2+]CC(NNC(=O)c1ccc2c(c1CC)OCCO2)C(C)(C)C. The third kappa shape index (κ3) is 3.91. The van der Waals surface area contributed by atoms with Gasteiger partial charge >= 0.3 is 0 Å². The number of hydrazine groups is 1. The lowest BCUT2D eigenvalue weighted by Gasteiger charge is -2.29. The standard InChI is InChI=1S/C18H26N2O3/c1-6-12-13(8-9-14-16(12)23-11-10-22-14)17(21)20-19-15(7-2)18(3,4)5/h8-9,15,19H,2,6-7,10-11H2,1,3-5H3/p+1. The number of hydrogen-bond acceptors (Lipinski definition) is 4. The summed E-state index contributed by atoms with van der Waals surface area (Å²) in [7, 11) is 0. The van der Waals surface area contributed by atoms with Gasteiger partial charge in [0, 0.05) is 11.1 Å². The zero-order chi connectivity index (χ0) is 17.0. The molecule has 1 unspecified atom stereocenters. The van der Waals surface area contributed by atoms with Crippen LogP contribution in [0.5, 0.6) is 11.5 Å². The molecule has 1 heterocycles. The molecule has 1 aromatic carbocycles. The lowest BCUT2D eigenvalue weighted by Crippen LogP contribution is -2.49. The van der Waals surface area contributed by atoms with E-state index in [2.05, 4.69) is 38.5 Å². The maximum atomic E-state index is 12.6. The van der Waals surface area contributed by atoms with E-state index in [1.165, 1.54) is 0 Å². The molecule has 0 saturated heterocycles. The molecule has 0 aliphatic carbocycles. The maximum absolute atomic E-state index is 12.6. The van der Waals surface area contributed by atoms with Crippen molar-refractivity contribution < 1.29 is 14.3 Å². The van der Waals surface area contributed by atoms with Gasteiger partial charge in [0.25, 0.3) is 5.91 Å². The molecule has 1 atom stereocenters. The average Bonchev–Trinajstić information content (AvgIpc) is 2.52. The van der Waals surface area contributed by atoms with Crippen LogP contribution >= 0.6 is 0 Å². The van der Waals surface area contributed by atoms with Crippen molar-refractivity contribution in [2.24, 2.45) is 5.41 Å². The summed E-state index contributed by atoms with van der Waals surface area (Å²) in [6.45, 7) is 13.3. The van der Waals surface area contributed by atoms with E-state index in [1.54, 1.807) is 12.1 Å². The van der Waals surface area contributed by atoms with Crippen molar-refractivity contribution in [2.45, 2.75) is 46.6 Å². The van der Waals surface area contributed by atoms with E-state index in [4.69, 9.17) is 9.47 Å². The van der Waals surface area contributed by atoms with Gasteiger partial charge in [-0.25, -0.2) is 5.43 Å². The lowest BCUT2D eigenvalue weighted by molar-refractivity contribution is 0.0905. The molecular formula is C18H27N2O3+. The van der Waals surface area contributed by atoms with Gasteiger partial charge in [-0.3, -0.25) is 10.2 Å². The highest BCUT2D eigenvalue weighted by molar-refractivity contribution is 5.96. The largest absolute Gasteiger partial charge is 0.486 e. The van der Waals surface area contributed by atoms with Crippen molar-refractivity contribution in [3.8, 4) is 11.5 Å². The molecule has 0 aromatic heterocycles. The third-order valence-electron chi connectivity index (χ3n) is 4.10. The Kier molecular flexibility index (Phi) is 5.42. The smallest absolute Gasteiger partial charge is 0.265 e. The average molecular weight is 319 g/mol. The first-order valence-electron chi connectivity index (χ1n) is 8.15. The minimum Gasteiger partial charge on any atom is -0.486 e. The molecule has 0 spiro atoms. The van der Waals surface area contributed by atoms with Crippen molar-refractivity contribution in [3.63, 3.8) is 0 Å². The number of ether oxygens (including phenoxy) is 2. The van der Waals surface area contributed by atoms with E-state index in [1.807, 2.05) is 6.92 Å². The van der Waals surface area contributed by atoms with E-state index >= 15 is 0 Å². The number of rotatable bonds is 5. The molecule has 0 bridgehead atoms. The van der Waals surface area contributed by atoms with Crippen molar-refractivity contribution in [3.05, 3.63) is 30.2 Å². The molecule has 2 N–H and O–H groups in total. The highest BCUT2D eigenvalue weighted by Gasteiger charge is 2.27. The predicted octanol–water partition coefficient (Wildman–Crippen LogP) is 2.89. The van der Waals surface area contributed by atoms with Crippen LogP contribution in [-0.2, 0) is 6.42 Å². The lowest BCUT2D eigenvalue weighted by atomic mass is 9.86. The van der Waals surface area contributed by atoms with Gasteiger partial charge in [-0.05, 0) is 24.0 Å². The summed E-state index contributed by atoms with van der Waals surface area (Å²) in [5.74, 6) is 1.24. The van der Waals surface area contributed by atoms with Crippen LogP contribution in [0, 0.1) is 12.3 Å². The van der Waals surface area contributed by atoms with E-state index < -0.39 is 0 Å². The fourth-order valence-corrected chi connectivity index (χ4v) is 2.68. The number of hydrogen-bond donors (Lipinski definition) is 2. The van der Waals surface area contributed by atoms with E-state index in [0.29, 0.717) is 43.1 Å². The Bertz CT molecular complexity index is 564.